The average Bonchev–Trinajstić information content (AvgIpc) is 2.29. The Bertz CT molecular complexity index is 399. The predicted octanol–water partition coefficient (Wildman–Crippen LogP) is 5.33. The van der Waals surface area contributed by atoms with Gasteiger partial charge in [-0.2, -0.15) is 0 Å². The number of halogens is 2. The van der Waals surface area contributed by atoms with E-state index in [2.05, 4.69) is 39.9 Å². The first-order valence-electron chi connectivity index (χ1n) is 6.42. The fourth-order valence-electron chi connectivity index (χ4n) is 1.52. The largest absolute Gasteiger partial charge is 0.310 e. The second-order valence-electron chi connectivity index (χ2n) is 5.92. The molecule has 1 unspecified atom stereocenters. The molecule has 1 aromatic rings. The van der Waals surface area contributed by atoms with E-state index >= 15 is 0 Å². The Morgan fingerprint density at radius 3 is 2.22 bits per heavy atom. The van der Waals surface area contributed by atoms with Gasteiger partial charge in [-0.15, -0.1) is 0 Å². The van der Waals surface area contributed by atoms with Crippen LogP contribution in [0.4, 0.5) is 0 Å². The zero-order chi connectivity index (χ0) is 13.9. The zero-order valence-electron chi connectivity index (χ0n) is 11.8. The molecule has 1 rings (SSSR count). The van der Waals surface area contributed by atoms with Crippen LogP contribution in [0.25, 0.3) is 0 Å². The molecule has 1 N–H and O–H groups in total. The first-order chi connectivity index (χ1) is 8.24. The van der Waals surface area contributed by atoms with Crippen LogP contribution in [0, 0.1) is 11.3 Å². The van der Waals surface area contributed by atoms with Gasteiger partial charge in [0.15, 0.2) is 0 Å². The van der Waals surface area contributed by atoms with Crippen molar-refractivity contribution in [3.63, 3.8) is 0 Å². The summed E-state index contributed by atoms with van der Waals surface area (Å²) in [7, 11) is 0. The molecule has 0 radical (unpaired) electrons. The summed E-state index contributed by atoms with van der Waals surface area (Å²) in [5.74, 6) is 0.644. The first kappa shape index (κ1) is 15.8. The Hall–Kier alpha value is -0.240. The van der Waals surface area contributed by atoms with Gasteiger partial charge in [-0.3, -0.25) is 0 Å². The number of hydrogen-bond donors (Lipinski definition) is 1. The lowest BCUT2D eigenvalue weighted by molar-refractivity contribution is 0.230. The molecule has 18 heavy (non-hydrogen) atoms. The van der Waals surface area contributed by atoms with E-state index in [1.54, 1.807) is 0 Å². The van der Waals surface area contributed by atoms with Crippen molar-refractivity contribution in [1.82, 2.24) is 5.32 Å². The molecular weight excluding hydrogens is 265 g/mol. The summed E-state index contributed by atoms with van der Waals surface area (Å²) in [6, 6.07) is 6.08. The van der Waals surface area contributed by atoms with E-state index in [9.17, 15) is 0 Å². The molecule has 1 aromatic carbocycles. The van der Waals surface area contributed by atoms with Gasteiger partial charge in [0.1, 0.15) is 0 Å². The number of nitrogens with one attached hydrogen (secondary N) is 1. The molecule has 0 aliphatic rings. The SMILES string of the molecule is CC(NCC(C)(C)C(C)C)c1ccc(Cl)c(Cl)c1. The van der Waals surface area contributed by atoms with Gasteiger partial charge in [0, 0.05) is 12.6 Å². The molecule has 0 amide bonds. The molecule has 0 saturated carbocycles. The lowest BCUT2D eigenvalue weighted by Gasteiger charge is -2.31. The summed E-state index contributed by atoms with van der Waals surface area (Å²) < 4.78 is 0. The highest BCUT2D eigenvalue weighted by atomic mass is 35.5. The quantitative estimate of drug-likeness (QED) is 0.772. The second kappa shape index (κ2) is 6.27. The van der Waals surface area contributed by atoms with Crippen LogP contribution < -0.4 is 5.32 Å². The summed E-state index contributed by atoms with van der Waals surface area (Å²) in [4.78, 5) is 0. The molecule has 0 aliphatic heterocycles. The van der Waals surface area contributed by atoms with Crippen LogP contribution in [0.1, 0.15) is 46.2 Å². The third-order valence-corrected chi connectivity index (χ3v) is 4.61. The Morgan fingerprint density at radius 1 is 1.11 bits per heavy atom. The molecule has 102 valence electrons. The van der Waals surface area contributed by atoms with Crippen molar-refractivity contribution in [2.24, 2.45) is 11.3 Å². The van der Waals surface area contributed by atoms with Crippen LogP contribution in [0.2, 0.25) is 10.0 Å². The molecule has 0 saturated heterocycles. The fraction of sp³-hybridized carbons (Fsp3) is 0.600. The van der Waals surface area contributed by atoms with Crippen molar-refractivity contribution >= 4 is 23.2 Å². The molecule has 1 atom stereocenters. The van der Waals surface area contributed by atoms with Crippen LogP contribution in [0.5, 0.6) is 0 Å². The van der Waals surface area contributed by atoms with E-state index in [1.165, 1.54) is 5.56 Å². The second-order valence-corrected chi connectivity index (χ2v) is 6.73. The maximum absolute atomic E-state index is 6.04. The number of rotatable bonds is 5. The molecule has 0 fully saturated rings. The van der Waals surface area contributed by atoms with Gasteiger partial charge in [0.05, 0.1) is 10.0 Å². The summed E-state index contributed by atoms with van der Waals surface area (Å²) in [5, 5.41) is 4.79. The number of hydrogen-bond acceptors (Lipinski definition) is 1. The third-order valence-electron chi connectivity index (χ3n) is 3.87. The van der Waals surface area contributed by atoms with Gasteiger partial charge in [-0.25, -0.2) is 0 Å². The Labute approximate surface area is 121 Å². The predicted molar refractivity (Wildman–Crippen MR) is 81.5 cm³/mol. The van der Waals surface area contributed by atoms with Crippen molar-refractivity contribution in [3.05, 3.63) is 33.8 Å². The third kappa shape index (κ3) is 4.15. The maximum Gasteiger partial charge on any atom is 0.0595 e. The van der Waals surface area contributed by atoms with E-state index in [1.807, 2.05) is 18.2 Å². The monoisotopic (exact) mass is 287 g/mol. The van der Waals surface area contributed by atoms with Crippen molar-refractivity contribution in [1.29, 1.82) is 0 Å². The normalized spacial score (nSPS) is 14.0. The van der Waals surface area contributed by atoms with Crippen molar-refractivity contribution in [2.45, 2.75) is 40.7 Å². The van der Waals surface area contributed by atoms with Crippen LogP contribution in [-0.4, -0.2) is 6.54 Å². The first-order valence-corrected chi connectivity index (χ1v) is 7.18. The summed E-state index contributed by atoms with van der Waals surface area (Å²) in [5.41, 5.74) is 1.45. The minimum absolute atomic E-state index is 0.276. The van der Waals surface area contributed by atoms with E-state index in [-0.39, 0.29) is 11.5 Å². The Balaban J connectivity index is 2.66. The Morgan fingerprint density at radius 2 is 1.72 bits per heavy atom. The Kier molecular flexibility index (Phi) is 5.51. The smallest absolute Gasteiger partial charge is 0.0595 e. The fourth-order valence-corrected chi connectivity index (χ4v) is 1.83. The van der Waals surface area contributed by atoms with Crippen LogP contribution in [-0.2, 0) is 0 Å². The van der Waals surface area contributed by atoms with E-state index in [0.717, 1.165) is 6.54 Å². The van der Waals surface area contributed by atoms with E-state index in [0.29, 0.717) is 16.0 Å². The van der Waals surface area contributed by atoms with E-state index < -0.39 is 0 Å². The van der Waals surface area contributed by atoms with Gasteiger partial charge >= 0.3 is 0 Å². The molecule has 3 heteroatoms. The molecule has 0 spiro atoms. The molecular formula is C15H23Cl2N. The van der Waals surface area contributed by atoms with Crippen LogP contribution in [0.3, 0.4) is 0 Å². The molecule has 1 nitrogen and oxygen atoms in total. The lowest BCUT2D eigenvalue weighted by Crippen LogP contribution is -2.34. The van der Waals surface area contributed by atoms with Gasteiger partial charge < -0.3 is 5.32 Å². The highest BCUT2D eigenvalue weighted by Crippen LogP contribution is 2.28. The van der Waals surface area contributed by atoms with Gasteiger partial charge in [-0.05, 0) is 36.0 Å². The maximum atomic E-state index is 6.04. The lowest BCUT2D eigenvalue weighted by atomic mass is 9.81. The van der Waals surface area contributed by atoms with Gasteiger partial charge in [0.25, 0.3) is 0 Å². The molecule has 0 heterocycles. The minimum atomic E-state index is 0.276. The molecule has 0 bridgehead atoms. The highest BCUT2D eigenvalue weighted by Gasteiger charge is 2.22. The standard InChI is InChI=1S/C15H23Cl2N/c1-10(2)15(4,5)9-18-11(3)12-6-7-13(16)14(17)8-12/h6-8,10-11,18H,9H2,1-5H3. The summed E-state index contributed by atoms with van der Waals surface area (Å²) >= 11 is 12.0. The van der Waals surface area contributed by atoms with Crippen molar-refractivity contribution in [2.75, 3.05) is 6.54 Å². The van der Waals surface area contributed by atoms with Gasteiger partial charge in [0.2, 0.25) is 0 Å². The topological polar surface area (TPSA) is 12.0 Å². The minimum Gasteiger partial charge on any atom is -0.310 e. The summed E-state index contributed by atoms with van der Waals surface area (Å²) in [6.07, 6.45) is 0. The van der Waals surface area contributed by atoms with Crippen LogP contribution in [0.15, 0.2) is 18.2 Å². The summed E-state index contributed by atoms with van der Waals surface area (Å²) in [6.45, 7) is 12.2. The highest BCUT2D eigenvalue weighted by molar-refractivity contribution is 6.42. The number of benzene rings is 1. The molecule has 0 aromatic heterocycles. The van der Waals surface area contributed by atoms with Crippen LogP contribution >= 0.6 is 23.2 Å². The average molecular weight is 288 g/mol. The zero-order valence-corrected chi connectivity index (χ0v) is 13.4. The van der Waals surface area contributed by atoms with Crippen molar-refractivity contribution in [3.8, 4) is 0 Å². The molecule has 0 aliphatic carbocycles. The van der Waals surface area contributed by atoms with E-state index in [4.69, 9.17) is 23.2 Å². The van der Waals surface area contributed by atoms with Gasteiger partial charge in [-0.1, -0.05) is 57.0 Å². The van der Waals surface area contributed by atoms with Crippen molar-refractivity contribution < 1.29 is 0 Å².